The van der Waals surface area contributed by atoms with Crippen molar-refractivity contribution in [1.82, 2.24) is 15.3 Å². The third-order valence-electron chi connectivity index (χ3n) is 3.50. The highest BCUT2D eigenvalue weighted by atomic mass is 32.1. The molecule has 0 saturated heterocycles. The highest BCUT2D eigenvalue weighted by molar-refractivity contribution is 7.11. The van der Waals surface area contributed by atoms with Crippen LogP contribution in [0.15, 0.2) is 23.1 Å². The van der Waals surface area contributed by atoms with Crippen LogP contribution in [0.25, 0.3) is 0 Å². The summed E-state index contributed by atoms with van der Waals surface area (Å²) >= 11 is 1.73. The smallest absolute Gasteiger partial charge is 0.248 e. The number of nitrogens with zero attached hydrogens (tertiary/aromatic N) is 1. The molecule has 1 aliphatic rings. The van der Waals surface area contributed by atoms with E-state index in [0.29, 0.717) is 6.04 Å². The number of hydrogen-bond acceptors (Lipinski definition) is 4. The Morgan fingerprint density at radius 3 is 3.21 bits per heavy atom. The van der Waals surface area contributed by atoms with Gasteiger partial charge in [0.15, 0.2) is 0 Å². The minimum Gasteiger partial charge on any atom is -0.326 e. The molecule has 0 aromatic carbocycles. The van der Waals surface area contributed by atoms with Gasteiger partial charge < -0.3 is 10.3 Å². The van der Waals surface area contributed by atoms with E-state index in [4.69, 9.17) is 0 Å². The Bertz CT molecular complexity index is 632. The minimum absolute atomic E-state index is 0.00468. The first-order valence-corrected chi connectivity index (χ1v) is 7.41. The Morgan fingerprint density at radius 2 is 2.42 bits per heavy atom. The van der Waals surface area contributed by atoms with E-state index >= 15 is 0 Å². The zero-order valence-electron chi connectivity index (χ0n) is 10.9. The summed E-state index contributed by atoms with van der Waals surface area (Å²) in [5.74, 6) is 0. The van der Waals surface area contributed by atoms with Crippen LogP contribution >= 0.6 is 11.3 Å². The normalized spacial score (nSPS) is 18.3. The lowest BCUT2D eigenvalue weighted by Crippen LogP contribution is -2.27. The van der Waals surface area contributed by atoms with Gasteiger partial charge in [0, 0.05) is 35.4 Å². The van der Waals surface area contributed by atoms with Crippen LogP contribution in [0.2, 0.25) is 0 Å². The molecule has 2 aromatic rings. The summed E-state index contributed by atoms with van der Waals surface area (Å²) in [6, 6.07) is 3.90. The predicted molar refractivity (Wildman–Crippen MR) is 76.4 cm³/mol. The molecule has 3 rings (SSSR count). The fourth-order valence-electron chi connectivity index (χ4n) is 2.61. The van der Waals surface area contributed by atoms with Crippen LogP contribution in [0.4, 0.5) is 0 Å². The van der Waals surface area contributed by atoms with Crippen molar-refractivity contribution in [2.45, 2.75) is 38.8 Å². The van der Waals surface area contributed by atoms with Gasteiger partial charge in [-0.15, -0.1) is 11.3 Å². The molecule has 0 radical (unpaired) electrons. The minimum atomic E-state index is -0.00468. The molecule has 1 atom stereocenters. The first kappa shape index (κ1) is 12.6. The molecule has 0 saturated carbocycles. The van der Waals surface area contributed by atoms with Crippen LogP contribution in [0.1, 0.15) is 40.0 Å². The molecule has 2 N–H and O–H groups in total. The summed E-state index contributed by atoms with van der Waals surface area (Å²) in [5.41, 5.74) is 2.32. The highest BCUT2D eigenvalue weighted by Gasteiger charge is 2.20. The van der Waals surface area contributed by atoms with Crippen molar-refractivity contribution in [3.8, 4) is 0 Å². The van der Waals surface area contributed by atoms with E-state index in [0.717, 1.165) is 36.5 Å². The zero-order chi connectivity index (χ0) is 13.2. The van der Waals surface area contributed by atoms with Gasteiger partial charge in [-0.05, 0) is 31.7 Å². The Morgan fingerprint density at radius 1 is 1.53 bits per heavy atom. The van der Waals surface area contributed by atoms with Crippen molar-refractivity contribution in [1.29, 1.82) is 0 Å². The van der Waals surface area contributed by atoms with Gasteiger partial charge in [0.25, 0.3) is 0 Å². The van der Waals surface area contributed by atoms with Crippen LogP contribution in [0.5, 0.6) is 0 Å². The molecule has 19 heavy (non-hydrogen) atoms. The van der Waals surface area contributed by atoms with E-state index in [1.165, 1.54) is 10.4 Å². The second-order valence-electron chi connectivity index (χ2n) is 4.95. The molecule has 0 bridgehead atoms. The summed E-state index contributed by atoms with van der Waals surface area (Å²) in [4.78, 5) is 19.9. The van der Waals surface area contributed by atoms with Crippen molar-refractivity contribution in [2.24, 2.45) is 0 Å². The average Bonchev–Trinajstić information content (AvgIpc) is 2.81. The summed E-state index contributed by atoms with van der Waals surface area (Å²) in [7, 11) is 0. The maximum Gasteiger partial charge on any atom is 0.248 e. The Hall–Kier alpha value is -1.46. The van der Waals surface area contributed by atoms with E-state index in [2.05, 4.69) is 22.2 Å². The molecule has 0 aliphatic heterocycles. The van der Waals surface area contributed by atoms with Crippen molar-refractivity contribution in [2.75, 3.05) is 0 Å². The number of H-pyrrole nitrogens is 1. The number of nitrogens with one attached hydrogen (secondary N) is 2. The van der Waals surface area contributed by atoms with E-state index in [1.807, 2.05) is 12.3 Å². The molecule has 2 heterocycles. The number of aryl methyl sites for hydroxylation is 2. The van der Waals surface area contributed by atoms with E-state index in [1.54, 1.807) is 17.4 Å². The Balaban J connectivity index is 1.75. The molecule has 1 aliphatic carbocycles. The molecule has 4 nitrogen and oxygen atoms in total. The van der Waals surface area contributed by atoms with Gasteiger partial charge in [0.1, 0.15) is 5.01 Å². The standard InChI is InChI=1S/C14H17N3OS/c1-9-7-16-14(19-9)8-15-11-3-2-4-12-10(11)5-6-13(18)17-12/h5-7,11,15H,2-4,8H2,1H3,(H,17,18). The van der Waals surface area contributed by atoms with E-state index < -0.39 is 0 Å². The molecule has 5 heteroatoms. The van der Waals surface area contributed by atoms with Gasteiger partial charge in [-0.25, -0.2) is 4.98 Å². The number of rotatable bonds is 3. The summed E-state index contributed by atoms with van der Waals surface area (Å²) in [6.45, 7) is 2.86. The largest absolute Gasteiger partial charge is 0.326 e. The fraction of sp³-hybridized carbons (Fsp3) is 0.429. The van der Waals surface area contributed by atoms with Gasteiger partial charge in [-0.2, -0.15) is 0 Å². The monoisotopic (exact) mass is 275 g/mol. The molecule has 0 fully saturated rings. The van der Waals surface area contributed by atoms with Crippen LogP contribution in [-0.4, -0.2) is 9.97 Å². The van der Waals surface area contributed by atoms with Crippen molar-refractivity contribution in [3.63, 3.8) is 0 Å². The highest BCUT2D eigenvalue weighted by Crippen LogP contribution is 2.27. The van der Waals surface area contributed by atoms with Crippen LogP contribution < -0.4 is 10.9 Å². The van der Waals surface area contributed by atoms with Crippen molar-refractivity contribution >= 4 is 11.3 Å². The van der Waals surface area contributed by atoms with Crippen LogP contribution in [0.3, 0.4) is 0 Å². The number of pyridine rings is 1. The predicted octanol–water partition coefficient (Wildman–Crippen LogP) is 2.31. The SMILES string of the molecule is Cc1cnc(CNC2CCCc3[nH]c(=O)ccc32)s1. The lowest BCUT2D eigenvalue weighted by Gasteiger charge is -2.25. The number of fused-ring (bicyclic) bond motifs is 1. The molecular formula is C14H17N3OS. The number of aromatic amines is 1. The number of aromatic nitrogens is 2. The van der Waals surface area contributed by atoms with E-state index in [-0.39, 0.29) is 5.56 Å². The fourth-order valence-corrected chi connectivity index (χ4v) is 3.34. The second-order valence-corrected chi connectivity index (χ2v) is 6.27. The Labute approximate surface area is 115 Å². The van der Waals surface area contributed by atoms with Crippen LogP contribution in [-0.2, 0) is 13.0 Å². The maximum atomic E-state index is 11.3. The third kappa shape index (κ3) is 2.77. The van der Waals surface area contributed by atoms with Gasteiger partial charge in [-0.1, -0.05) is 6.07 Å². The summed E-state index contributed by atoms with van der Waals surface area (Å²) < 4.78 is 0. The molecule has 0 amide bonds. The first-order valence-electron chi connectivity index (χ1n) is 6.59. The third-order valence-corrected chi connectivity index (χ3v) is 4.41. The van der Waals surface area contributed by atoms with E-state index in [9.17, 15) is 4.79 Å². The number of thiazole rings is 1. The summed E-state index contributed by atoms with van der Waals surface area (Å²) in [5, 5.41) is 4.67. The van der Waals surface area contributed by atoms with Gasteiger partial charge >= 0.3 is 0 Å². The van der Waals surface area contributed by atoms with Gasteiger partial charge in [0.05, 0.1) is 0 Å². The van der Waals surface area contributed by atoms with Crippen molar-refractivity contribution < 1.29 is 0 Å². The number of hydrogen-bond donors (Lipinski definition) is 2. The molecule has 2 aromatic heterocycles. The first-order chi connectivity index (χ1) is 9.22. The maximum absolute atomic E-state index is 11.3. The zero-order valence-corrected chi connectivity index (χ0v) is 11.7. The second kappa shape index (κ2) is 5.27. The molecule has 1 unspecified atom stereocenters. The molecular weight excluding hydrogens is 258 g/mol. The molecule has 100 valence electrons. The topological polar surface area (TPSA) is 57.8 Å². The van der Waals surface area contributed by atoms with Crippen LogP contribution in [0, 0.1) is 6.92 Å². The lowest BCUT2D eigenvalue weighted by molar-refractivity contribution is 0.453. The van der Waals surface area contributed by atoms with Crippen molar-refractivity contribution in [3.05, 3.63) is 49.8 Å². The van der Waals surface area contributed by atoms with Gasteiger partial charge in [-0.3, -0.25) is 4.79 Å². The lowest BCUT2D eigenvalue weighted by atomic mass is 9.91. The average molecular weight is 275 g/mol. The molecule has 0 spiro atoms. The summed E-state index contributed by atoms with van der Waals surface area (Å²) in [6.07, 6.45) is 5.11. The van der Waals surface area contributed by atoms with Gasteiger partial charge in [0.2, 0.25) is 5.56 Å². The Kier molecular flexibility index (Phi) is 3.48. The quantitative estimate of drug-likeness (QED) is 0.903.